The van der Waals surface area contributed by atoms with Gasteiger partial charge in [-0.05, 0) is 48.0 Å². The lowest BCUT2D eigenvalue weighted by Crippen LogP contribution is -2.15. The maximum atomic E-state index is 12.3. The Morgan fingerprint density at radius 3 is 2.04 bits per heavy atom. The molecule has 1 N–H and O–H groups in total. The van der Waals surface area contributed by atoms with Gasteiger partial charge in [-0.1, -0.05) is 0 Å². The zero-order valence-corrected chi connectivity index (χ0v) is 16.2. The van der Waals surface area contributed by atoms with Crippen LogP contribution in [0.1, 0.15) is 11.1 Å². The lowest BCUT2D eigenvalue weighted by molar-refractivity contribution is 0.324. The minimum atomic E-state index is -0.244. The van der Waals surface area contributed by atoms with E-state index in [0.717, 1.165) is 16.9 Å². The second kappa shape index (κ2) is 8.47. The van der Waals surface area contributed by atoms with Crippen LogP contribution in [-0.4, -0.2) is 38.6 Å². The molecule has 0 aliphatic rings. The first-order chi connectivity index (χ1) is 13.6. The average molecular weight is 382 g/mol. The van der Waals surface area contributed by atoms with Crippen LogP contribution in [0.25, 0.3) is 11.3 Å². The molecular formula is C21H22N2O5. The molecule has 28 heavy (non-hydrogen) atoms. The van der Waals surface area contributed by atoms with Gasteiger partial charge in [-0.15, -0.1) is 0 Å². The van der Waals surface area contributed by atoms with Crippen LogP contribution >= 0.6 is 0 Å². The van der Waals surface area contributed by atoms with Crippen molar-refractivity contribution in [1.82, 2.24) is 10.2 Å². The molecule has 0 spiro atoms. The molecule has 7 nitrogen and oxygen atoms in total. The van der Waals surface area contributed by atoms with Crippen molar-refractivity contribution in [2.45, 2.75) is 6.42 Å². The number of methoxy groups -OCH3 is 4. The van der Waals surface area contributed by atoms with Gasteiger partial charge in [0.2, 0.25) is 5.75 Å². The van der Waals surface area contributed by atoms with Crippen molar-refractivity contribution in [3.05, 3.63) is 63.9 Å². The summed E-state index contributed by atoms with van der Waals surface area (Å²) in [4.78, 5) is 12.3. The van der Waals surface area contributed by atoms with Crippen molar-refractivity contribution in [3.63, 3.8) is 0 Å². The number of benzene rings is 2. The molecule has 0 aliphatic carbocycles. The molecule has 1 heterocycles. The number of nitrogens with one attached hydrogen (secondary N) is 1. The van der Waals surface area contributed by atoms with E-state index in [9.17, 15) is 4.79 Å². The first-order valence-electron chi connectivity index (χ1n) is 8.61. The molecule has 3 aromatic rings. The van der Waals surface area contributed by atoms with Gasteiger partial charge in [0.25, 0.3) is 5.56 Å². The van der Waals surface area contributed by atoms with E-state index in [0.29, 0.717) is 34.9 Å². The number of rotatable bonds is 7. The summed E-state index contributed by atoms with van der Waals surface area (Å²) in [5.74, 6) is 2.34. The third kappa shape index (κ3) is 3.93. The van der Waals surface area contributed by atoms with Gasteiger partial charge in [-0.25, -0.2) is 5.10 Å². The SMILES string of the molecule is COc1ccc(-c2cc(Cc3cc(OC)c(OC)c(OC)c3)c(=O)[nH]n2)cc1. The second-order valence-corrected chi connectivity index (χ2v) is 6.05. The number of aromatic nitrogens is 2. The van der Waals surface area contributed by atoms with Crippen molar-refractivity contribution < 1.29 is 18.9 Å². The van der Waals surface area contributed by atoms with Crippen LogP contribution in [0.4, 0.5) is 0 Å². The Hall–Kier alpha value is -3.48. The Bertz CT molecular complexity index is 987. The summed E-state index contributed by atoms with van der Waals surface area (Å²) in [6.45, 7) is 0. The summed E-state index contributed by atoms with van der Waals surface area (Å²) in [5.41, 5.74) is 2.74. The maximum absolute atomic E-state index is 12.3. The molecule has 7 heteroatoms. The molecule has 3 rings (SSSR count). The molecule has 0 radical (unpaired) electrons. The molecular weight excluding hydrogens is 360 g/mol. The molecule has 0 aliphatic heterocycles. The normalized spacial score (nSPS) is 10.4. The molecule has 0 saturated heterocycles. The fourth-order valence-electron chi connectivity index (χ4n) is 2.94. The smallest absolute Gasteiger partial charge is 0.267 e. The van der Waals surface area contributed by atoms with Gasteiger partial charge in [0.15, 0.2) is 11.5 Å². The Morgan fingerprint density at radius 1 is 0.857 bits per heavy atom. The minimum absolute atomic E-state index is 0.244. The van der Waals surface area contributed by atoms with E-state index >= 15 is 0 Å². The van der Waals surface area contributed by atoms with Gasteiger partial charge in [0, 0.05) is 17.5 Å². The van der Waals surface area contributed by atoms with Gasteiger partial charge >= 0.3 is 0 Å². The summed E-state index contributed by atoms with van der Waals surface area (Å²) in [6, 6.07) is 12.9. The molecule has 0 unspecified atom stereocenters. The number of aromatic amines is 1. The molecule has 0 fully saturated rings. The van der Waals surface area contributed by atoms with E-state index in [1.54, 1.807) is 34.5 Å². The Kier molecular flexibility index (Phi) is 5.84. The van der Waals surface area contributed by atoms with E-state index in [4.69, 9.17) is 18.9 Å². The highest BCUT2D eigenvalue weighted by Crippen LogP contribution is 2.38. The van der Waals surface area contributed by atoms with Gasteiger partial charge in [-0.3, -0.25) is 4.79 Å². The molecule has 0 atom stereocenters. The van der Waals surface area contributed by atoms with Gasteiger partial charge in [0.1, 0.15) is 5.75 Å². The van der Waals surface area contributed by atoms with E-state index < -0.39 is 0 Å². The van der Waals surface area contributed by atoms with Crippen molar-refractivity contribution >= 4 is 0 Å². The monoisotopic (exact) mass is 382 g/mol. The van der Waals surface area contributed by atoms with E-state index in [-0.39, 0.29) is 5.56 Å². The third-order valence-corrected chi connectivity index (χ3v) is 4.39. The highest BCUT2D eigenvalue weighted by molar-refractivity contribution is 5.60. The first-order valence-corrected chi connectivity index (χ1v) is 8.61. The topological polar surface area (TPSA) is 82.7 Å². The summed E-state index contributed by atoms with van der Waals surface area (Å²) < 4.78 is 21.3. The number of H-pyrrole nitrogens is 1. The second-order valence-electron chi connectivity index (χ2n) is 6.05. The summed E-state index contributed by atoms with van der Waals surface area (Å²) in [6.07, 6.45) is 0.387. The van der Waals surface area contributed by atoms with Crippen molar-refractivity contribution in [3.8, 4) is 34.3 Å². The van der Waals surface area contributed by atoms with Crippen molar-refractivity contribution in [2.75, 3.05) is 28.4 Å². The lowest BCUT2D eigenvalue weighted by Gasteiger charge is -2.14. The Balaban J connectivity index is 1.97. The van der Waals surface area contributed by atoms with Crippen LogP contribution in [0.2, 0.25) is 0 Å². The molecule has 0 bridgehead atoms. The fourth-order valence-corrected chi connectivity index (χ4v) is 2.94. The summed E-state index contributed by atoms with van der Waals surface area (Å²) >= 11 is 0. The van der Waals surface area contributed by atoms with Crippen LogP contribution in [0.5, 0.6) is 23.0 Å². The van der Waals surface area contributed by atoms with Crippen molar-refractivity contribution in [2.24, 2.45) is 0 Å². The van der Waals surface area contributed by atoms with Crippen LogP contribution in [0.3, 0.4) is 0 Å². The maximum Gasteiger partial charge on any atom is 0.267 e. The molecule has 146 valence electrons. The first kappa shape index (κ1) is 19.3. The largest absolute Gasteiger partial charge is 0.497 e. The van der Waals surface area contributed by atoms with E-state index in [1.807, 2.05) is 36.4 Å². The standard InChI is InChI=1S/C21H22N2O5/c1-25-16-7-5-14(6-8-16)17-12-15(21(24)23-22-17)9-13-10-18(26-2)20(28-4)19(11-13)27-3/h5-8,10-12H,9H2,1-4H3,(H,23,24). The molecule has 2 aromatic carbocycles. The van der Waals surface area contributed by atoms with E-state index in [2.05, 4.69) is 10.2 Å². The number of ether oxygens (including phenoxy) is 4. The third-order valence-electron chi connectivity index (χ3n) is 4.39. The van der Waals surface area contributed by atoms with Gasteiger partial charge in [-0.2, -0.15) is 5.10 Å². The molecule has 0 amide bonds. The Morgan fingerprint density at radius 2 is 1.50 bits per heavy atom. The lowest BCUT2D eigenvalue weighted by atomic mass is 10.0. The predicted octanol–water partition coefficient (Wildman–Crippen LogP) is 3.06. The van der Waals surface area contributed by atoms with E-state index in [1.165, 1.54) is 0 Å². The Labute approximate surface area is 162 Å². The fraction of sp³-hybridized carbons (Fsp3) is 0.238. The number of hydrogen-bond acceptors (Lipinski definition) is 6. The minimum Gasteiger partial charge on any atom is -0.497 e. The molecule has 0 saturated carbocycles. The highest BCUT2D eigenvalue weighted by atomic mass is 16.5. The van der Waals surface area contributed by atoms with Crippen LogP contribution in [0, 0.1) is 0 Å². The summed E-state index contributed by atoms with van der Waals surface area (Å²) in [7, 11) is 6.28. The molecule has 1 aromatic heterocycles. The number of nitrogens with zero attached hydrogens (tertiary/aromatic N) is 1. The average Bonchev–Trinajstić information content (AvgIpc) is 2.74. The predicted molar refractivity (Wildman–Crippen MR) is 106 cm³/mol. The zero-order valence-electron chi connectivity index (χ0n) is 16.2. The van der Waals surface area contributed by atoms with Crippen LogP contribution < -0.4 is 24.5 Å². The number of hydrogen-bond donors (Lipinski definition) is 1. The van der Waals surface area contributed by atoms with Gasteiger partial charge < -0.3 is 18.9 Å². The zero-order chi connectivity index (χ0) is 20.1. The highest BCUT2D eigenvalue weighted by Gasteiger charge is 2.15. The van der Waals surface area contributed by atoms with Crippen molar-refractivity contribution in [1.29, 1.82) is 0 Å². The quantitative estimate of drug-likeness (QED) is 0.676. The van der Waals surface area contributed by atoms with Crippen LogP contribution in [-0.2, 0) is 6.42 Å². The summed E-state index contributed by atoms with van der Waals surface area (Å²) in [5, 5.41) is 6.73. The van der Waals surface area contributed by atoms with Crippen LogP contribution in [0.15, 0.2) is 47.3 Å². The van der Waals surface area contributed by atoms with Gasteiger partial charge in [0.05, 0.1) is 34.1 Å².